The molecular weight excluding hydrogens is 472 g/mol. The number of benzene rings is 1. The lowest BCUT2D eigenvalue weighted by molar-refractivity contribution is -0.730. The molecule has 0 aliphatic heterocycles. The van der Waals surface area contributed by atoms with Gasteiger partial charge < -0.3 is 0 Å². The first-order chi connectivity index (χ1) is 19.3. The van der Waals surface area contributed by atoms with Gasteiger partial charge in [0.2, 0.25) is 6.33 Å². The van der Waals surface area contributed by atoms with E-state index in [9.17, 15) is 0 Å². The molecule has 0 amide bonds. The summed E-state index contributed by atoms with van der Waals surface area (Å²) in [5.41, 5.74) is 1.51. The maximum atomic E-state index is 3.34. The molecule has 1 aromatic heterocycles. The fourth-order valence-corrected chi connectivity index (χ4v) is 6.39. The van der Waals surface area contributed by atoms with Crippen molar-refractivity contribution in [1.82, 2.24) is 4.98 Å². The van der Waals surface area contributed by atoms with Gasteiger partial charge in [-0.1, -0.05) is 173 Å². The number of imidazole rings is 1. The second-order valence-corrected chi connectivity index (χ2v) is 12.4. The standard InChI is InChI=1S/C37H64N2/c1-3-5-7-9-11-12-13-14-15-16-17-18-19-21-26-30-37(39-32-31-38-34-39)36(29-25-20-10-8-6-4-2)33-35-27-23-22-24-28-35/h22-24,27-28,31-32,34,36-37H,3-21,25-26,29-30,33H2,1-2H3/p+1. The normalized spacial score (nSPS) is 13.1. The van der Waals surface area contributed by atoms with Gasteiger partial charge in [-0.3, -0.25) is 4.98 Å². The van der Waals surface area contributed by atoms with E-state index in [0.717, 1.165) is 0 Å². The molecule has 2 unspecified atom stereocenters. The van der Waals surface area contributed by atoms with Crippen molar-refractivity contribution in [3.63, 3.8) is 0 Å². The number of unbranched alkanes of at least 4 members (excludes halogenated alkanes) is 19. The molecule has 2 aromatic rings. The van der Waals surface area contributed by atoms with Gasteiger partial charge in [0.15, 0.2) is 0 Å². The minimum absolute atomic E-state index is 0.606. The molecule has 1 N–H and O–H groups in total. The van der Waals surface area contributed by atoms with Gasteiger partial charge in [0.1, 0.15) is 18.4 Å². The Labute approximate surface area is 243 Å². The minimum Gasteiger partial charge on any atom is -0.250 e. The van der Waals surface area contributed by atoms with Crippen LogP contribution in [0.25, 0.3) is 0 Å². The molecule has 39 heavy (non-hydrogen) atoms. The number of H-pyrrole nitrogens is 1. The van der Waals surface area contributed by atoms with E-state index in [2.05, 4.69) is 72.5 Å². The first-order valence-corrected chi connectivity index (χ1v) is 17.4. The number of rotatable bonds is 27. The van der Waals surface area contributed by atoms with Crippen LogP contribution in [0.1, 0.15) is 173 Å². The predicted octanol–water partition coefficient (Wildman–Crippen LogP) is 11.7. The summed E-state index contributed by atoms with van der Waals surface area (Å²) in [6.45, 7) is 4.62. The Bertz CT molecular complexity index is 738. The number of aromatic amines is 1. The van der Waals surface area contributed by atoms with E-state index in [1.54, 1.807) is 0 Å². The third-order valence-electron chi connectivity index (χ3n) is 8.87. The lowest BCUT2D eigenvalue weighted by Crippen LogP contribution is -2.42. The molecule has 1 aromatic carbocycles. The Morgan fingerprint density at radius 3 is 1.49 bits per heavy atom. The Kier molecular flexibility index (Phi) is 20.9. The molecule has 0 aliphatic carbocycles. The lowest BCUT2D eigenvalue weighted by atomic mass is 9.84. The summed E-state index contributed by atoms with van der Waals surface area (Å²) in [5.74, 6) is 0.714. The van der Waals surface area contributed by atoms with E-state index in [1.165, 1.54) is 160 Å². The highest BCUT2D eigenvalue weighted by Gasteiger charge is 2.26. The molecule has 2 rings (SSSR count). The Hall–Kier alpha value is -1.57. The predicted molar refractivity (Wildman–Crippen MR) is 171 cm³/mol. The van der Waals surface area contributed by atoms with Gasteiger partial charge in [-0.15, -0.1) is 0 Å². The van der Waals surface area contributed by atoms with Crippen LogP contribution in [-0.2, 0) is 6.42 Å². The first-order valence-electron chi connectivity index (χ1n) is 17.4. The van der Waals surface area contributed by atoms with E-state index in [4.69, 9.17) is 0 Å². The van der Waals surface area contributed by atoms with Crippen molar-refractivity contribution in [2.45, 2.75) is 174 Å². The van der Waals surface area contributed by atoms with Crippen LogP contribution >= 0.6 is 0 Å². The zero-order valence-electron chi connectivity index (χ0n) is 26.2. The molecule has 222 valence electrons. The highest BCUT2D eigenvalue weighted by Crippen LogP contribution is 2.29. The molecule has 0 saturated heterocycles. The summed E-state index contributed by atoms with van der Waals surface area (Å²) in [6, 6.07) is 11.9. The molecule has 0 fully saturated rings. The van der Waals surface area contributed by atoms with Crippen LogP contribution < -0.4 is 4.57 Å². The molecule has 2 heteroatoms. The molecule has 1 heterocycles. The lowest BCUT2D eigenvalue weighted by Gasteiger charge is -2.25. The second-order valence-electron chi connectivity index (χ2n) is 12.4. The van der Waals surface area contributed by atoms with E-state index < -0.39 is 0 Å². The summed E-state index contributed by atoms with van der Waals surface area (Å²) in [6.07, 6.45) is 40.3. The summed E-state index contributed by atoms with van der Waals surface area (Å²) in [4.78, 5) is 3.34. The molecule has 0 saturated carbocycles. The summed E-state index contributed by atoms with van der Waals surface area (Å²) >= 11 is 0. The zero-order valence-corrected chi connectivity index (χ0v) is 26.2. The molecule has 0 spiro atoms. The van der Waals surface area contributed by atoms with Crippen molar-refractivity contribution in [2.75, 3.05) is 0 Å². The highest BCUT2D eigenvalue weighted by atomic mass is 15.1. The molecule has 0 aliphatic rings. The van der Waals surface area contributed by atoms with Gasteiger partial charge in [-0.2, -0.15) is 0 Å². The average Bonchev–Trinajstić information content (AvgIpc) is 3.49. The monoisotopic (exact) mass is 538 g/mol. The molecule has 2 nitrogen and oxygen atoms in total. The van der Waals surface area contributed by atoms with Crippen LogP contribution in [0.5, 0.6) is 0 Å². The topological polar surface area (TPSA) is 19.7 Å². The number of nitrogens with one attached hydrogen (secondary N) is 1. The van der Waals surface area contributed by atoms with Gasteiger partial charge in [-0.25, -0.2) is 4.57 Å². The average molecular weight is 538 g/mol. The van der Waals surface area contributed by atoms with Gasteiger partial charge in [-0.05, 0) is 31.2 Å². The summed E-state index contributed by atoms with van der Waals surface area (Å²) < 4.78 is 2.49. The van der Waals surface area contributed by atoms with Crippen LogP contribution in [0.4, 0.5) is 0 Å². The summed E-state index contributed by atoms with van der Waals surface area (Å²) in [5, 5.41) is 0. The van der Waals surface area contributed by atoms with Crippen molar-refractivity contribution < 1.29 is 4.57 Å². The van der Waals surface area contributed by atoms with Gasteiger partial charge >= 0.3 is 0 Å². The Balaban J connectivity index is 1.68. The first kappa shape index (κ1) is 33.6. The van der Waals surface area contributed by atoms with E-state index in [0.29, 0.717) is 12.0 Å². The maximum absolute atomic E-state index is 3.34. The van der Waals surface area contributed by atoms with Crippen molar-refractivity contribution in [1.29, 1.82) is 0 Å². The van der Waals surface area contributed by atoms with Crippen molar-refractivity contribution in [3.05, 3.63) is 54.6 Å². The number of hydrogen-bond acceptors (Lipinski definition) is 0. The van der Waals surface area contributed by atoms with Crippen LogP contribution in [0.2, 0.25) is 0 Å². The van der Waals surface area contributed by atoms with E-state index in [-0.39, 0.29) is 0 Å². The number of nitrogens with zero attached hydrogens (tertiary/aromatic N) is 1. The second kappa shape index (κ2) is 24.2. The minimum atomic E-state index is 0.606. The van der Waals surface area contributed by atoms with Gasteiger partial charge in [0.05, 0.1) is 0 Å². The van der Waals surface area contributed by atoms with Crippen LogP contribution in [0.3, 0.4) is 0 Å². The molecule has 2 atom stereocenters. The quantitative estimate of drug-likeness (QED) is 0.0863. The van der Waals surface area contributed by atoms with Gasteiger partial charge in [0, 0.05) is 5.92 Å². The van der Waals surface area contributed by atoms with Gasteiger partial charge in [0.25, 0.3) is 0 Å². The smallest absolute Gasteiger partial charge is 0.241 e. The Morgan fingerprint density at radius 1 is 0.564 bits per heavy atom. The maximum Gasteiger partial charge on any atom is 0.241 e. The zero-order chi connectivity index (χ0) is 27.6. The van der Waals surface area contributed by atoms with E-state index in [1.807, 2.05) is 0 Å². The molecule has 0 bridgehead atoms. The van der Waals surface area contributed by atoms with Crippen LogP contribution in [0, 0.1) is 5.92 Å². The fourth-order valence-electron chi connectivity index (χ4n) is 6.39. The van der Waals surface area contributed by atoms with Crippen molar-refractivity contribution in [3.8, 4) is 0 Å². The number of hydrogen-bond donors (Lipinski definition) is 1. The number of aromatic nitrogens is 2. The largest absolute Gasteiger partial charge is 0.250 e. The Morgan fingerprint density at radius 2 is 1.03 bits per heavy atom. The third kappa shape index (κ3) is 17.0. The molecule has 0 radical (unpaired) electrons. The highest BCUT2D eigenvalue weighted by molar-refractivity contribution is 5.15. The third-order valence-corrected chi connectivity index (χ3v) is 8.87. The van der Waals surface area contributed by atoms with Crippen molar-refractivity contribution >= 4 is 0 Å². The van der Waals surface area contributed by atoms with Crippen molar-refractivity contribution in [2.24, 2.45) is 5.92 Å². The van der Waals surface area contributed by atoms with Crippen LogP contribution in [-0.4, -0.2) is 4.98 Å². The van der Waals surface area contributed by atoms with E-state index >= 15 is 0 Å². The fraction of sp³-hybridized carbons (Fsp3) is 0.757. The summed E-state index contributed by atoms with van der Waals surface area (Å²) in [7, 11) is 0. The SMILES string of the molecule is CCCCCCCCCCCCCCCCCC(C(CCCCCCCC)Cc1ccccc1)[n+]1cc[nH]c1. The van der Waals surface area contributed by atoms with Crippen LogP contribution in [0.15, 0.2) is 49.1 Å². The molecular formula is C37H65N2+.